The van der Waals surface area contributed by atoms with Gasteiger partial charge in [0.15, 0.2) is 0 Å². The van der Waals surface area contributed by atoms with Crippen LogP contribution in [0.25, 0.3) is 0 Å². The van der Waals surface area contributed by atoms with E-state index >= 15 is 0 Å². The molecule has 126 valence electrons. The van der Waals surface area contributed by atoms with Crippen molar-refractivity contribution in [2.45, 2.75) is 18.3 Å². The van der Waals surface area contributed by atoms with Gasteiger partial charge in [0, 0.05) is 17.6 Å². The van der Waals surface area contributed by atoms with Crippen LogP contribution in [0.5, 0.6) is 11.5 Å². The summed E-state index contributed by atoms with van der Waals surface area (Å²) in [5.41, 5.74) is 2.04. The third-order valence-electron chi connectivity index (χ3n) is 4.49. The molecule has 0 aliphatic heterocycles. The minimum atomic E-state index is -0.194. The van der Waals surface area contributed by atoms with Gasteiger partial charge < -0.3 is 20.1 Å². The molecule has 5 heteroatoms. The minimum absolute atomic E-state index is 0.0590. The standard InChI is InChI=1S/C19H22N2O3/c1-23-16-7-3-14(4-8-16)19(11-12-19)13-20-18(22)21-15-5-9-17(24-2)10-6-15/h3-10H,11-13H2,1-2H3,(H2,20,21,22). The van der Waals surface area contributed by atoms with Crippen LogP contribution in [0.15, 0.2) is 48.5 Å². The Hall–Kier alpha value is -2.69. The first kappa shape index (κ1) is 16.2. The fraction of sp³-hybridized carbons (Fsp3) is 0.316. The molecule has 2 amide bonds. The first-order valence-corrected chi connectivity index (χ1v) is 7.99. The van der Waals surface area contributed by atoms with E-state index in [4.69, 9.17) is 9.47 Å². The number of carbonyl (C=O) groups excluding carboxylic acids is 1. The molecule has 2 aromatic carbocycles. The quantitative estimate of drug-likeness (QED) is 0.853. The van der Waals surface area contributed by atoms with Crippen LogP contribution in [0.2, 0.25) is 0 Å². The summed E-state index contributed by atoms with van der Waals surface area (Å²) in [4.78, 5) is 12.1. The number of urea groups is 1. The van der Waals surface area contributed by atoms with Gasteiger partial charge in [-0.05, 0) is 54.8 Å². The molecular weight excluding hydrogens is 304 g/mol. The average Bonchev–Trinajstić information content (AvgIpc) is 3.42. The van der Waals surface area contributed by atoms with E-state index in [1.807, 2.05) is 36.4 Å². The Morgan fingerprint density at radius 3 is 2.00 bits per heavy atom. The molecule has 2 N–H and O–H groups in total. The topological polar surface area (TPSA) is 59.6 Å². The summed E-state index contributed by atoms with van der Waals surface area (Å²) in [6.45, 7) is 0.626. The Morgan fingerprint density at radius 1 is 0.958 bits per heavy atom. The fourth-order valence-electron chi connectivity index (χ4n) is 2.76. The lowest BCUT2D eigenvalue weighted by Gasteiger charge is -2.17. The summed E-state index contributed by atoms with van der Waals surface area (Å²) >= 11 is 0. The Bertz CT molecular complexity index is 692. The molecule has 1 fully saturated rings. The number of anilines is 1. The summed E-state index contributed by atoms with van der Waals surface area (Å²) < 4.78 is 10.3. The van der Waals surface area contributed by atoms with Crippen LogP contribution in [0.1, 0.15) is 18.4 Å². The van der Waals surface area contributed by atoms with Crippen LogP contribution in [0.4, 0.5) is 10.5 Å². The third kappa shape index (κ3) is 3.62. The molecule has 0 saturated heterocycles. The Balaban J connectivity index is 1.55. The molecule has 0 unspecified atom stereocenters. The Kier molecular flexibility index (Phi) is 4.60. The highest BCUT2D eigenvalue weighted by molar-refractivity contribution is 5.89. The Morgan fingerprint density at radius 2 is 1.50 bits per heavy atom. The highest BCUT2D eigenvalue weighted by atomic mass is 16.5. The maximum atomic E-state index is 12.1. The largest absolute Gasteiger partial charge is 0.497 e. The third-order valence-corrected chi connectivity index (χ3v) is 4.49. The van der Waals surface area contributed by atoms with Crippen molar-refractivity contribution in [1.29, 1.82) is 0 Å². The first-order chi connectivity index (χ1) is 11.6. The molecule has 0 radical (unpaired) electrons. The zero-order valence-electron chi connectivity index (χ0n) is 14.0. The number of nitrogens with one attached hydrogen (secondary N) is 2. The van der Waals surface area contributed by atoms with Gasteiger partial charge in [0.25, 0.3) is 0 Å². The minimum Gasteiger partial charge on any atom is -0.497 e. The lowest BCUT2D eigenvalue weighted by molar-refractivity contribution is 0.251. The predicted octanol–water partition coefficient (Wildman–Crippen LogP) is 3.56. The zero-order valence-corrected chi connectivity index (χ0v) is 14.0. The lowest BCUT2D eigenvalue weighted by atomic mass is 9.96. The van der Waals surface area contributed by atoms with Gasteiger partial charge in [-0.15, -0.1) is 0 Å². The van der Waals surface area contributed by atoms with Crippen molar-refractivity contribution in [3.05, 3.63) is 54.1 Å². The number of carbonyl (C=O) groups is 1. The summed E-state index contributed by atoms with van der Waals surface area (Å²) in [5, 5.41) is 5.81. The van der Waals surface area contributed by atoms with E-state index in [9.17, 15) is 4.79 Å². The molecule has 1 aliphatic carbocycles. The van der Waals surface area contributed by atoms with E-state index in [1.54, 1.807) is 14.2 Å². The maximum absolute atomic E-state index is 12.1. The number of methoxy groups -OCH3 is 2. The van der Waals surface area contributed by atoms with Crippen molar-refractivity contribution >= 4 is 11.7 Å². The van der Waals surface area contributed by atoms with Gasteiger partial charge in [-0.25, -0.2) is 4.79 Å². The normalized spacial score (nSPS) is 14.6. The van der Waals surface area contributed by atoms with Gasteiger partial charge in [-0.3, -0.25) is 0 Å². The zero-order chi connectivity index (χ0) is 17.0. The fourth-order valence-corrected chi connectivity index (χ4v) is 2.76. The van der Waals surface area contributed by atoms with Gasteiger partial charge in [0.05, 0.1) is 14.2 Å². The van der Waals surface area contributed by atoms with E-state index in [0.29, 0.717) is 6.54 Å². The van der Waals surface area contributed by atoms with E-state index in [2.05, 4.69) is 22.8 Å². The summed E-state index contributed by atoms with van der Waals surface area (Å²) in [7, 11) is 3.27. The van der Waals surface area contributed by atoms with E-state index in [1.165, 1.54) is 5.56 Å². The number of rotatable bonds is 6. The molecule has 0 bridgehead atoms. The summed E-state index contributed by atoms with van der Waals surface area (Å²) in [5.74, 6) is 1.61. The highest BCUT2D eigenvalue weighted by Gasteiger charge is 2.44. The molecule has 0 heterocycles. The molecule has 3 rings (SSSR count). The molecule has 5 nitrogen and oxygen atoms in total. The van der Waals surface area contributed by atoms with Crippen LogP contribution < -0.4 is 20.1 Å². The predicted molar refractivity (Wildman–Crippen MR) is 93.9 cm³/mol. The smallest absolute Gasteiger partial charge is 0.319 e. The first-order valence-electron chi connectivity index (χ1n) is 7.99. The molecule has 24 heavy (non-hydrogen) atoms. The molecule has 1 saturated carbocycles. The second-order valence-electron chi connectivity index (χ2n) is 6.05. The molecule has 1 aliphatic rings. The van der Waals surface area contributed by atoms with Crippen molar-refractivity contribution in [2.75, 3.05) is 26.1 Å². The van der Waals surface area contributed by atoms with Gasteiger partial charge >= 0.3 is 6.03 Å². The van der Waals surface area contributed by atoms with Gasteiger partial charge in [-0.2, -0.15) is 0 Å². The van der Waals surface area contributed by atoms with E-state index < -0.39 is 0 Å². The maximum Gasteiger partial charge on any atom is 0.319 e. The molecule has 0 atom stereocenters. The van der Waals surface area contributed by atoms with Crippen molar-refractivity contribution < 1.29 is 14.3 Å². The van der Waals surface area contributed by atoms with Crippen LogP contribution >= 0.6 is 0 Å². The van der Waals surface area contributed by atoms with Gasteiger partial charge in [-0.1, -0.05) is 12.1 Å². The number of ether oxygens (including phenoxy) is 2. The molecule has 0 spiro atoms. The van der Waals surface area contributed by atoms with Crippen LogP contribution in [-0.4, -0.2) is 26.8 Å². The van der Waals surface area contributed by atoms with Crippen molar-refractivity contribution in [2.24, 2.45) is 0 Å². The summed E-state index contributed by atoms with van der Waals surface area (Å²) in [6.07, 6.45) is 2.17. The van der Waals surface area contributed by atoms with Crippen LogP contribution in [0, 0.1) is 0 Å². The van der Waals surface area contributed by atoms with Crippen molar-refractivity contribution in [3.63, 3.8) is 0 Å². The van der Waals surface area contributed by atoms with E-state index in [0.717, 1.165) is 30.0 Å². The number of hydrogen-bond donors (Lipinski definition) is 2. The summed E-state index contributed by atoms with van der Waals surface area (Å²) in [6, 6.07) is 15.2. The second-order valence-corrected chi connectivity index (χ2v) is 6.05. The molecular formula is C19H22N2O3. The van der Waals surface area contributed by atoms with Crippen molar-refractivity contribution in [1.82, 2.24) is 5.32 Å². The number of benzene rings is 2. The Labute approximate surface area is 142 Å². The second kappa shape index (κ2) is 6.83. The van der Waals surface area contributed by atoms with Gasteiger partial charge in [0.2, 0.25) is 0 Å². The molecule has 0 aromatic heterocycles. The number of amides is 2. The monoisotopic (exact) mass is 326 g/mol. The van der Waals surface area contributed by atoms with Crippen LogP contribution in [-0.2, 0) is 5.41 Å². The van der Waals surface area contributed by atoms with Crippen LogP contribution in [0.3, 0.4) is 0 Å². The van der Waals surface area contributed by atoms with E-state index in [-0.39, 0.29) is 11.4 Å². The SMILES string of the molecule is COc1ccc(NC(=O)NCC2(c3ccc(OC)cc3)CC2)cc1. The number of hydrogen-bond acceptors (Lipinski definition) is 3. The van der Waals surface area contributed by atoms with Crippen molar-refractivity contribution in [3.8, 4) is 11.5 Å². The van der Waals surface area contributed by atoms with Gasteiger partial charge in [0.1, 0.15) is 11.5 Å². The lowest BCUT2D eigenvalue weighted by Crippen LogP contribution is -2.35. The molecule has 2 aromatic rings. The average molecular weight is 326 g/mol. The highest BCUT2D eigenvalue weighted by Crippen LogP contribution is 2.47.